The Hall–Kier alpha value is -2.90. The number of nitrogens with one attached hydrogen (secondary N) is 1. The summed E-state index contributed by atoms with van der Waals surface area (Å²) < 4.78 is 30.9. The number of carbonyl (C=O) groups is 2. The first-order chi connectivity index (χ1) is 13.4. The van der Waals surface area contributed by atoms with E-state index in [1.807, 2.05) is 19.9 Å². The van der Waals surface area contributed by atoms with Crippen LogP contribution in [0.4, 0.5) is 8.78 Å². The molecule has 8 heteroatoms. The molecule has 1 N–H and O–H groups in total. The van der Waals surface area contributed by atoms with E-state index in [1.54, 1.807) is 13.0 Å². The first-order valence-corrected chi connectivity index (χ1v) is 9.19. The van der Waals surface area contributed by atoms with Gasteiger partial charge in [-0.3, -0.25) is 14.6 Å². The first-order valence-electron chi connectivity index (χ1n) is 9.19. The van der Waals surface area contributed by atoms with Crippen LogP contribution >= 0.6 is 0 Å². The number of hydrogen-bond acceptors (Lipinski definition) is 5. The molecule has 1 atom stereocenters. The lowest BCUT2D eigenvalue weighted by Gasteiger charge is -2.17. The number of amides is 1. The van der Waals surface area contributed by atoms with Gasteiger partial charge in [-0.15, -0.1) is 0 Å². The highest BCUT2D eigenvalue weighted by Gasteiger charge is 2.23. The van der Waals surface area contributed by atoms with Crippen LogP contribution in [0.5, 0.6) is 5.88 Å². The van der Waals surface area contributed by atoms with Gasteiger partial charge in [-0.1, -0.05) is 0 Å². The fourth-order valence-electron chi connectivity index (χ4n) is 2.76. The maximum Gasteiger partial charge on any atom is 0.278 e. The predicted molar refractivity (Wildman–Crippen MR) is 104 cm³/mol. The number of ether oxygens (including phenoxy) is 1. The zero-order valence-electron chi connectivity index (χ0n) is 17.2. The number of pyridine rings is 2. The molecule has 0 bridgehead atoms. The van der Waals surface area contributed by atoms with Gasteiger partial charge in [0, 0.05) is 36.5 Å². The van der Waals surface area contributed by atoms with E-state index in [0.29, 0.717) is 16.8 Å². The number of rotatable bonds is 8. The van der Waals surface area contributed by atoms with E-state index in [-0.39, 0.29) is 30.0 Å². The lowest BCUT2D eigenvalue weighted by atomic mass is 10.0. The average molecular weight is 405 g/mol. The van der Waals surface area contributed by atoms with E-state index in [4.69, 9.17) is 4.74 Å². The molecule has 6 nitrogen and oxygen atoms in total. The fraction of sp³-hybridized carbons (Fsp3) is 0.429. The van der Waals surface area contributed by atoms with E-state index in [9.17, 15) is 18.4 Å². The summed E-state index contributed by atoms with van der Waals surface area (Å²) in [5.41, 5.74) is 3.02. The van der Waals surface area contributed by atoms with Crippen LogP contribution in [0, 0.1) is 13.8 Å². The van der Waals surface area contributed by atoms with Crippen LogP contribution in [0.2, 0.25) is 0 Å². The molecule has 1 amide bonds. The van der Waals surface area contributed by atoms with Gasteiger partial charge in [-0.05, 0) is 51.5 Å². The Kier molecular flexibility index (Phi) is 7.00. The topological polar surface area (TPSA) is 81.2 Å². The second kappa shape index (κ2) is 9.07. The number of halogens is 2. The van der Waals surface area contributed by atoms with E-state index in [1.165, 1.54) is 19.2 Å². The summed E-state index contributed by atoms with van der Waals surface area (Å²) in [6.07, 6.45) is 1.52. The Bertz CT molecular complexity index is 911. The van der Waals surface area contributed by atoms with E-state index in [0.717, 1.165) is 18.2 Å². The average Bonchev–Trinajstić information content (AvgIpc) is 2.58. The molecule has 0 saturated carbocycles. The van der Waals surface area contributed by atoms with Crippen LogP contribution in [0.1, 0.15) is 59.7 Å². The van der Waals surface area contributed by atoms with Gasteiger partial charge in [0.1, 0.15) is 5.78 Å². The number of ketones is 1. The summed E-state index contributed by atoms with van der Waals surface area (Å²) >= 11 is 0. The number of Topliss-reactive ketones (excluding diaryl/α,β-unsaturated/α-hetero) is 1. The highest BCUT2D eigenvalue weighted by molar-refractivity contribution is 5.94. The Morgan fingerprint density at radius 3 is 2.52 bits per heavy atom. The van der Waals surface area contributed by atoms with Gasteiger partial charge in [-0.25, -0.2) is 13.8 Å². The van der Waals surface area contributed by atoms with Crippen molar-refractivity contribution in [2.45, 2.75) is 53.0 Å². The Morgan fingerprint density at radius 2 is 1.93 bits per heavy atom. The van der Waals surface area contributed by atoms with E-state index < -0.39 is 12.5 Å². The minimum absolute atomic E-state index is 0.00966. The molecule has 2 aromatic rings. The zero-order chi connectivity index (χ0) is 21.8. The van der Waals surface area contributed by atoms with Crippen molar-refractivity contribution in [1.82, 2.24) is 15.3 Å². The van der Waals surface area contributed by atoms with Crippen molar-refractivity contribution in [2.75, 3.05) is 6.61 Å². The monoisotopic (exact) mass is 405 g/mol. The van der Waals surface area contributed by atoms with E-state index >= 15 is 0 Å². The second-order valence-electron chi connectivity index (χ2n) is 7.31. The number of nitrogens with zero attached hydrogens (tertiary/aromatic N) is 2. The maximum atomic E-state index is 12.9. The van der Waals surface area contributed by atoms with Gasteiger partial charge < -0.3 is 10.1 Å². The van der Waals surface area contributed by atoms with Gasteiger partial charge in [0.15, 0.2) is 6.61 Å². The predicted octanol–water partition coefficient (Wildman–Crippen LogP) is 3.75. The molecule has 2 heterocycles. The first kappa shape index (κ1) is 22.4. The molecular weight excluding hydrogens is 380 g/mol. The lowest BCUT2D eigenvalue weighted by molar-refractivity contribution is -0.116. The quantitative estimate of drug-likeness (QED) is 0.723. The van der Waals surface area contributed by atoms with Crippen molar-refractivity contribution in [1.29, 1.82) is 0 Å². The summed E-state index contributed by atoms with van der Waals surface area (Å²) in [7, 11) is 0. The van der Waals surface area contributed by atoms with Crippen molar-refractivity contribution in [3.63, 3.8) is 0 Å². The SMILES string of the molecule is CC(=O)Cc1cc(C(C)NC(=O)c2cnc(OCC(C)(F)F)c(C)c2)cc(C)n1. The van der Waals surface area contributed by atoms with Gasteiger partial charge in [0.25, 0.3) is 11.8 Å². The van der Waals surface area contributed by atoms with Crippen LogP contribution in [0.3, 0.4) is 0 Å². The summed E-state index contributed by atoms with van der Waals surface area (Å²) in [4.78, 5) is 32.3. The molecule has 0 spiro atoms. The molecule has 0 radical (unpaired) electrons. The molecule has 0 aromatic carbocycles. The van der Waals surface area contributed by atoms with Gasteiger partial charge >= 0.3 is 0 Å². The lowest BCUT2D eigenvalue weighted by Crippen LogP contribution is -2.27. The van der Waals surface area contributed by atoms with Crippen molar-refractivity contribution in [3.05, 3.63) is 52.5 Å². The third-order valence-electron chi connectivity index (χ3n) is 4.06. The number of hydrogen-bond donors (Lipinski definition) is 1. The Balaban J connectivity index is 2.10. The molecule has 0 aliphatic carbocycles. The molecule has 29 heavy (non-hydrogen) atoms. The minimum Gasteiger partial charge on any atom is -0.471 e. The number of aromatic nitrogens is 2. The molecule has 0 aliphatic rings. The van der Waals surface area contributed by atoms with Crippen molar-refractivity contribution in [2.24, 2.45) is 0 Å². The maximum absolute atomic E-state index is 12.9. The number of aryl methyl sites for hydroxylation is 2. The van der Waals surface area contributed by atoms with Crippen LogP contribution in [0.15, 0.2) is 24.4 Å². The van der Waals surface area contributed by atoms with Gasteiger partial charge in [0.2, 0.25) is 5.88 Å². The summed E-state index contributed by atoms with van der Waals surface area (Å²) in [6.45, 7) is 6.76. The van der Waals surface area contributed by atoms with E-state index in [2.05, 4.69) is 15.3 Å². The van der Waals surface area contributed by atoms with Crippen LogP contribution in [0.25, 0.3) is 0 Å². The second-order valence-corrected chi connectivity index (χ2v) is 7.31. The smallest absolute Gasteiger partial charge is 0.278 e. The highest BCUT2D eigenvalue weighted by Crippen LogP contribution is 2.20. The zero-order valence-corrected chi connectivity index (χ0v) is 17.2. The van der Waals surface area contributed by atoms with Crippen molar-refractivity contribution < 1.29 is 23.1 Å². The highest BCUT2D eigenvalue weighted by atomic mass is 19.3. The molecular formula is C21H25F2N3O3. The Morgan fingerprint density at radius 1 is 1.24 bits per heavy atom. The minimum atomic E-state index is -2.97. The van der Waals surface area contributed by atoms with Crippen molar-refractivity contribution >= 4 is 11.7 Å². The fourth-order valence-corrected chi connectivity index (χ4v) is 2.76. The summed E-state index contributed by atoms with van der Waals surface area (Å²) in [5.74, 6) is -3.25. The third kappa shape index (κ3) is 6.89. The Labute approximate surface area is 168 Å². The molecule has 1 unspecified atom stereocenters. The van der Waals surface area contributed by atoms with Gasteiger partial charge in [-0.2, -0.15) is 0 Å². The largest absolute Gasteiger partial charge is 0.471 e. The number of carbonyl (C=O) groups excluding carboxylic acids is 2. The molecule has 2 aromatic heterocycles. The normalized spacial score (nSPS) is 12.4. The van der Waals surface area contributed by atoms with Crippen molar-refractivity contribution in [3.8, 4) is 5.88 Å². The summed E-state index contributed by atoms with van der Waals surface area (Å²) in [5, 5.41) is 2.87. The van der Waals surface area contributed by atoms with Crippen LogP contribution < -0.4 is 10.1 Å². The molecule has 0 fully saturated rings. The van der Waals surface area contributed by atoms with Gasteiger partial charge in [0.05, 0.1) is 11.6 Å². The molecule has 0 aliphatic heterocycles. The van der Waals surface area contributed by atoms with Crippen LogP contribution in [-0.4, -0.2) is 34.2 Å². The third-order valence-corrected chi connectivity index (χ3v) is 4.06. The van der Waals surface area contributed by atoms with Crippen LogP contribution in [-0.2, 0) is 11.2 Å². The standard InChI is InChI=1S/C21H25F2N3O3/c1-12-6-17(10-24-20(12)29-11-21(5,22)23)19(28)26-15(4)16-7-13(2)25-18(9-16)8-14(3)27/h6-7,9-10,15H,8,11H2,1-5H3,(H,26,28). The number of alkyl halides is 2. The molecule has 0 saturated heterocycles. The molecule has 2 rings (SSSR count). The molecule has 156 valence electrons. The summed E-state index contributed by atoms with van der Waals surface area (Å²) in [6, 6.07) is 4.85.